The second kappa shape index (κ2) is 10.5. The number of amidine groups is 1. The van der Waals surface area contributed by atoms with Crippen LogP contribution < -0.4 is 11.1 Å². The third-order valence-corrected chi connectivity index (χ3v) is 3.59. The Morgan fingerprint density at radius 2 is 1.92 bits per heavy atom. The van der Waals surface area contributed by atoms with E-state index in [4.69, 9.17) is 15.9 Å². The molecular formula is C18H27N3O3. The predicted molar refractivity (Wildman–Crippen MR) is 95.3 cm³/mol. The van der Waals surface area contributed by atoms with Crippen LogP contribution in [-0.4, -0.2) is 30.2 Å². The number of rotatable bonds is 5. The normalized spacial score (nSPS) is 16.5. The van der Waals surface area contributed by atoms with E-state index in [-0.39, 0.29) is 30.4 Å². The van der Waals surface area contributed by atoms with Gasteiger partial charge in [0.1, 0.15) is 11.6 Å². The van der Waals surface area contributed by atoms with Gasteiger partial charge in [-0.3, -0.25) is 10.2 Å². The van der Waals surface area contributed by atoms with E-state index in [0.717, 1.165) is 6.61 Å². The highest BCUT2D eigenvalue weighted by molar-refractivity contribution is 5.96. The number of amides is 1. The number of nitrogen functional groups attached to an aromatic ring is 1. The molecule has 1 aliphatic heterocycles. The fourth-order valence-corrected chi connectivity index (χ4v) is 2.15. The van der Waals surface area contributed by atoms with Gasteiger partial charge in [-0.25, -0.2) is 0 Å². The molecule has 1 saturated heterocycles. The summed E-state index contributed by atoms with van der Waals surface area (Å²) in [5.74, 6) is -0.220. The molecule has 6 heteroatoms. The number of hydrogen-bond acceptors (Lipinski definition) is 4. The fraction of sp³-hybridized carbons (Fsp3) is 0.500. The Balaban J connectivity index is 0.000000341. The highest BCUT2D eigenvalue weighted by atomic mass is 16.5. The Hall–Kier alpha value is -2.21. The number of nitrogens with one attached hydrogen (secondary N) is 2. The molecular weight excluding hydrogens is 306 g/mol. The van der Waals surface area contributed by atoms with Crippen molar-refractivity contribution in [2.24, 2.45) is 5.73 Å². The van der Waals surface area contributed by atoms with Gasteiger partial charge < -0.3 is 20.6 Å². The minimum atomic E-state index is -0.198. The van der Waals surface area contributed by atoms with Crippen LogP contribution in [0.15, 0.2) is 24.3 Å². The fourth-order valence-electron chi connectivity index (χ4n) is 2.15. The van der Waals surface area contributed by atoms with E-state index < -0.39 is 0 Å². The molecule has 1 aromatic rings. The molecule has 24 heavy (non-hydrogen) atoms. The number of nitrogens with two attached hydrogens (primary N) is 1. The SMILES string of the molecule is CC(=O)CCC(=O)Nc1ccc(C(=N)N)cc1.CC1CCCCO1. The summed E-state index contributed by atoms with van der Waals surface area (Å²) >= 11 is 0. The smallest absolute Gasteiger partial charge is 0.224 e. The molecule has 6 nitrogen and oxygen atoms in total. The number of ketones is 1. The number of ether oxygens (including phenoxy) is 1. The van der Waals surface area contributed by atoms with Crippen LogP contribution in [-0.2, 0) is 14.3 Å². The van der Waals surface area contributed by atoms with Crippen molar-refractivity contribution in [3.63, 3.8) is 0 Å². The van der Waals surface area contributed by atoms with Crippen LogP contribution in [0.3, 0.4) is 0 Å². The number of Topliss-reactive ketones (excluding diaryl/α,β-unsaturated/α-hetero) is 1. The van der Waals surface area contributed by atoms with Crippen molar-refractivity contribution in [1.29, 1.82) is 5.41 Å². The highest BCUT2D eigenvalue weighted by Gasteiger charge is 2.06. The number of benzene rings is 1. The van der Waals surface area contributed by atoms with Crippen LogP contribution in [0.2, 0.25) is 0 Å². The number of carbonyl (C=O) groups excluding carboxylic acids is 2. The van der Waals surface area contributed by atoms with Gasteiger partial charge in [0.15, 0.2) is 0 Å². The van der Waals surface area contributed by atoms with Gasteiger partial charge in [-0.15, -0.1) is 0 Å². The molecule has 2 rings (SSSR count). The molecule has 0 aromatic heterocycles. The average molecular weight is 333 g/mol. The van der Waals surface area contributed by atoms with Crippen molar-refractivity contribution in [2.75, 3.05) is 11.9 Å². The van der Waals surface area contributed by atoms with E-state index in [9.17, 15) is 9.59 Å². The quantitative estimate of drug-likeness (QED) is 0.569. The lowest BCUT2D eigenvalue weighted by Crippen LogP contribution is -2.14. The van der Waals surface area contributed by atoms with Crippen LogP contribution in [0, 0.1) is 5.41 Å². The third-order valence-electron chi connectivity index (χ3n) is 3.59. The van der Waals surface area contributed by atoms with Crippen LogP contribution in [0.5, 0.6) is 0 Å². The van der Waals surface area contributed by atoms with E-state index >= 15 is 0 Å². The topological polar surface area (TPSA) is 105 Å². The summed E-state index contributed by atoms with van der Waals surface area (Å²) in [5.41, 5.74) is 6.54. The summed E-state index contributed by atoms with van der Waals surface area (Å²) in [6.07, 6.45) is 4.86. The molecule has 0 radical (unpaired) electrons. The van der Waals surface area contributed by atoms with Crippen molar-refractivity contribution < 1.29 is 14.3 Å². The molecule has 1 heterocycles. The van der Waals surface area contributed by atoms with Gasteiger partial charge in [0, 0.05) is 30.7 Å². The minimum Gasteiger partial charge on any atom is -0.384 e. The molecule has 132 valence electrons. The molecule has 1 fully saturated rings. The first-order valence-electron chi connectivity index (χ1n) is 8.24. The molecule has 0 bridgehead atoms. The summed E-state index contributed by atoms with van der Waals surface area (Å²) < 4.78 is 5.28. The molecule has 0 saturated carbocycles. The number of hydrogen-bond donors (Lipinski definition) is 3. The summed E-state index contributed by atoms with van der Waals surface area (Å²) in [6, 6.07) is 6.65. The van der Waals surface area contributed by atoms with Crippen molar-refractivity contribution in [2.45, 2.75) is 52.1 Å². The van der Waals surface area contributed by atoms with Gasteiger partial charge in [-0.1, -0.05) is 0 Å². The highest BCUT2D eigenvalue weighted by Crippen LogP contribution is 2.11. The second-order valence-electron chi connectivity index (χ2n) is 5.92. The number of anilines is 1. The zero-order chi connectivity index (χ0) is 17.9. The Morgan fingerprint density at radius 3 is 2.33 bits per heavy atom. The lowest BCUT2D eigenvalue weighted by molar-refractivity contribution is -0.121. The summed E-state index contributed by atoms with van der Waals surface area (Å²) in [6.45, 7) is 4.58. The Labute approximate surface area is 143 Å². The van der Waals surface area contributed by atoms with E-state index in [2.05, 4.69) is 12.2 Å². The maximum Gasteiger partial charge on any atom is 0.224 e. The molecule has 0 aliphatic carbocycles. The van der Waals surface area contributed by atoms with Crippen molar-refractivity contribution in [1.82, 2.24) is 0 Å². The Bertz CT molecular complexity index is 549. The molecule has 1 aliphatic rings. The van der Waals surface area contributed by atoms with Crippen molar-refractivity contribution in [3.05, 3.63) is 29.8 Å². The monoisotopic (exact) mass is 333 g/mol. The largest absolute Gasteiger partial charge is 0.384 e. The lowest BCUT2D eigenvalue weighted by Gasteiger charge is -2.17. The predicted octanol–water partition coefficient (Wildman–Crippen LogP) is 2.85. The molecule has 0 spiro atoms. The molecule has 1 unspecified atom stereocenters. The molecule has 4 N–H and O–H groups in total. The zero-order valence-electron chi connectivity index (χ0n) is 14.4. The molecule has 1 amide bonds. The van der Waals surface area contributed by atoms with Gasteiger partial charge in [-0.2, -0.15) is 0 Å². The average Bonchev–Trinajstić information content (AvgIpc) is 2.55. The van der Waals surface area contributed by atoms with Crippen LogP contribution >= 0.6 is 0 Å². The summed E-state index contributed by atoms with van der Waals surface area (Å²) in [4.78, 5) is 22.1. The van der Waals surface area contributed by atoms with Crippen LogP contribution in [0.1, 0.15) is 51.5 Å². The van der Waals surface area contributed by atoms with Crippen molar-refractivity contribution in [3.8, 4) is 0 Å². The minimum absolute atomic E-state index is 0.00734. The van der Waals surface area contributed by atoms with Gasteiger partial charge >= 0.3 is 0 Å². The summed E-state index contributed by atoms with van der Waals surface area (Å²) in [7, 11) is 0. The van der Waals surface area contributed by atoms with Crippen LogP contribution in [0.4, 0.5) is 5.69 Å². The first-order valence-corrected chi connectivity index (χ1v) is 8.24. The van der Waals surface area contributed by atoms with Gasteiger partial charge in [-0.05, 0) is 57.4 Å². The maximum absolute atomic E-state index is 11.4. The van der Waals surface area contributed by atoms with E-state index in [1.54, 1.807) is 24.3 Å². The molecule has 1 atom stereocenters. The second-order valence-corrected chi connectivity index (χ2v) is 5.92. The summed E-state index contributed by atoms with van der Waals surface area (Å²) in [5, 5.41) is 9.87. The third kappa shape index (κ3) is 8.43. The standard InChI is InChI=1S/C12H15N3O2.C6H12O/c1-8(16)2-7-11(17)15-10-5-3-9(4-6-10)12(13)14;1-6-4-2-3-5-7-6/h3-6H,2,7H2,1H3,(H3,13,14)(H,15,17);6H,2-5H2,1H3. The van der Waals surface area contributed by atoms with Gasteiger partial charge in [0.25, 0.3) is 0 Å². The first-order chi connectivity index (χ1) is 11.4. The Morgan fingerprint density at radius 1 is 1.25 bits per heavy atom. The number of carbonyl (C=O) groups is 2. The van der Waals surface area contributed by atoms with E-state index in [0.29, 0.717) is 17.4 Å². The maximum atomic E-state index is 11.4. The lowest BCUT2D eigenvalue weighted by atomic mass is 10.1. The molecule has 1 aromatic carbocycles. The van der Waals surface area contributed by atoms with E-state index in [1.165, 1.54) is 26.2 Å². The van der Waals surface area contributed by atoms with E-state index in [1.807, 2.05) is 0 Å². The zero-order valence-corrected chi connectivity index (χ0v) is 14.4. The van der Waals surface area contributed by atoms with Crippen molar-refractivity contribution >= 4 is 23.2 Å². The van der Waals surface area contributed by atoms with Crippen LogP contribution in [0.25, 0.3) is 0 Å². The first kappa shape index (κ1) is 19.8. The van der Waals surface area contributed by atoms with Gasteiger partial charge in [0.2, 0.25) is 5.91 Å². The Kier molecular flexibility index (Phi) is 8.71. The van der Waals surface area contributed by atoms with Gasteiger partial charge in [0.05, 0.1) is 6.10 Å².